The van der Waals surface area contributed by atoms with Crippen molar-refractivity contribution in [1.29, 1.82) is 0 Å². The fraction of sp³-hybridized carbons (Fsp3) is 0.625. The van der Waals surface area contributed by atoms with Crippen LogP contribution < -0.4 is 5.73 Å². The summed E-state index contributed by atoms with van der Waals surface area (Å²) in [6, 6.07) is 9.74. The van der Waals surface area contributed by atoms with Crippen molar-refractivity contribution >= 4 is 17.7 Å². The third kappa shape index (κ3) is 7.03. The van der Waals surface area contributed by atoms with Crippen molar-refractivity contribution in [3.8, 4) is 0 Å². The number of amides is 3. The molecular weight excluding hydrogens is 408 g/mol. The molecule has 0 radical (unpaired) electrons. The molecule has 176 valence electrons. The Morgan fingerprint density at radius 1 is 1.06 bits per heavy atom. The molecule has 0 saturated carbocycles. The third-order valence-corrected chi connectivity index (χ3v) is 6.22. The Labute approximate surface area is 190 Å². The fourth-order valence-corrected chi connectivity index (χ4v) is 4.59. The summed E-state index contributed by atoms with van der Waals surface area (Å²) in [6.07, 6.45) is 1.79. The maximum Gasteiger partial charge on any atom is 0.237 e. The molecule has 8 heteroatoms. The summed E-state index contributed by atoms with van der Waals surface area (Å²) in [6.45, 7) is 7.79. The van der Waals surface area contributed by atoms with Crippen LogP contribution in [0.3, 0.4) is 0 Å². The molecule has 2 aliphatic rings. The van der Waals surface area contributed by atoms with Crippen molar-refractivity contribution in [2.75, 3.05) is 39.3 Å². The molecule has 8 nitrogen and oxygen atoms in total. The van der Waals surface area contributed by atoms with E-state index in [2.05, 4.69) is 4.90 Å². The molecule has 2 heterocycles. The molecule has 2 N–H and O–H groups in total. The first-order valence-electron chi connectivity index (χ1n) is 11.6. The number of benzene rings is 1. The van der Waals surface area contributed by atoms with E-state index in [1.807, 2.05) is 49.1 Å². The van der Waals surface area contributed by atoms with Crippen LogP contribution in [0.15, 0.2) is 30.3 Å². The maximum atomic E-state index is 13.0. The highest BCUT2D eigenvalue weighted by molar-refractivity contribution is 5.80. The number of ether oxygens (including phenoxy) is 1. The van der Waals surface area contributed by atoms with Gasteiger partial charge < -0.3 is 20.3 Å². The van der Waals surface area contributed by atoms with Gasteiger partial charge in [0.15, 0.2) is 0 Å². The monoisotopic (exact) mass is 444 g/mol. The van der Waals surface area contributed by atoms with Crippen LogP contribution in [-0.2, 0) is 25.7 Å². The lowest BCUT2D eigenvalue weighted by molar-refractivity contribution is -0.149. The van der Waals surface area contributed by atoms with E-state index in [1.54, 1.807) is 4.90 Å². The van der Waals surface area contributed by atoms with Gasteiger partial charge in [0.1, 0.15) is 0 Å². The number of nitrogens with zero attached hydrogens (tertiary/aromatic N) is 3. The van der Waals surface area contributed by atoms with Crippen molar-refractivity contribution in [3.05, 3.63) is 35.9 Å². The van der Waals surface area contributed by atoms with Crippen molar-refractivity contribution in [2.45, 2.75) is 51.9 Å². The average Bonchev–Trinajstić information content (AvgIpc) is 2.76. The number of likely N-dealkylation sites (tertiary alicyclic amines) is 1. The predicted octanol–water partition coefficient (Wildman–Crippen LogP) is 1.24. The topological polar surface area (TPSA) is 96.2 Å². The SMILES string of the molecule is CC1CN(C(=O)C2CCN(CC(=O)N(CCC(N)=O)Cc3ccccc3)CC2)CC(C)O1. The maximum absolute atomic E-state index is 13.0. The molecule has 2 unspecified atom stereocenters. The van der Waals surface area contributed by atoms with Crippen LogP contribution in [0.25, 0.3) is 0 Å². The minimum atomic E-state index is -0.415. The quantitative estimate of drug-likeness (QED) is 0.651. The van der Waals surface area contributed by atoms with E-state index in [-0.39, 0.29) is 42.9 Å². The highest BCUT2D eigenvalue weighted by Gasteiger charge is 2.33. The zero-order valence-corrected chi connectivity index (χ0v) is 19.2. The first-order valence-corrected chi connectivity index (χ1v) is 11.6. The molecule has 2 aliphatic heterocycles. The molecule has 1 aromatic rings. The largest absolute Gasteiger partial charge is 0.372 e. The van der Waals surface area contributed by atoms with Crippen LogP contribution in [0, 0.1) is 5.92 Å². The molecule has 0 aliphatic carbocycles. The van der Waals surface area contributed by atoms with Gasteiger partial charge in [-0.1, -0.05) is 30.3 Å². The van der Waals surface area contributed by atoms with Gasteiger partial charge in [0, 0.05) is 38.5 Å². The predicted molar refractivity (Wildman–Crippen MR) is 121 cm³/mol. The normalized spacial score (nSPS) is 22.5. The lowest BCUT2D eigenvalue weighted by Gasteiger charge is -2.39. The van der Waals surface area contributed by atoms with Crippen LogP contribution in [0.1, 0.15) is 38.7 Å². The van der Waals surface area contributed by atoms with Crippen LogP contribution in [-0.4, -0.2) is 83.9 Å². The smallest absolute Gasteiger partial charge is 0.237 e. The first kappa shape index (κ1) is 24.2. The second kappa shape index (κ2) is 11.4. The van der Waals surface area contributed by atoms with Gasteiger partial charge in [-0.15, -0.1) is 0 Å². The number of carbonyl (C=O) groups excluding carboxylic acids is 3. The van der Waals surface area contributed by atoms with Crippen LogP contribution in [0.4, 0.5) is 0 Å². The van der Waals surface area contributed by atoms with Crippen molar-refractivity contribution in [3.63, 3.8) is 0 Å². The highest BCUT2D eigenvalue weighted by atomic mass is 16.5. The van der Waals surface area contributed by atoms with Gasteiger partial charge in [-0.05, 0) is 45.3 Å². The van der Waals surface area contributed by atoms with Gasteiger partial charge in [-0.3, -0.25) is 19.3 Å². The molecule has 3 rings (SSSR count). The molecule has 0 bridgehead atoms. The number of hydrogen-bond acceptors (Lipinski definition) is 5. The molecule has 3 amide bonds. The minimum absolute atomic E-state index is 0.00846. The Morgan fingerprint density at radius 3 is 2.28 bits per heavy atom. The van der Waals surface area contributed by atoms with Gasteiger partial charge in [-0.2, -0.15) is 0 Å². The summed E-state index contributed by atoms with van der Waals surface area (Å²) in [5, 5.41) is 0. The molecule has 2 fully saturated rings. The minimum Gasteiger partial charge on any atom is -0.372 e. The van der Waals surface area contributed by atoms with Crippen LogP contribution >= 0.6 is 0 Å². The molecule has 0 aromatic heterocycles. The molecular formula is C24H36N4O4. The van der Waals surface area contributed by atoms with Gasteiger partial charge in [0.2, 0.25) is 17.7 Å². The number of hydrogen-bond donors (Lipinski definition) is 1. The van der Waals surface area contributed by atoms with Gasteiger partial charge >= 0.3 is 0 Å². The lowest BCUT2D eigenvalue weighted by atomic mass is 9.94. The Hall–Kier alpha value is -2.45. The van der Waals surface area contributed by atoms with E-state index in [0.717, 1.165) is 18.4 Å². The Balaban J connectivity index is 1.51. The Kier molecular flexibility index (Phi) is 8.64. The highest BCUT2D eigenvalue weighted by Crippen LogP contribution is 2.22. The van der Waals surface area contributed by atoms with E-state index in [4.69, 9.17) is 10.5 Å². The number of morpholine rings is 1. The van der Waals surface area contributed by atoms with Crippen LogP contribution in [0.5, 0.6) is 0 Å². The number of rotatable bonds is 8. The third-order valence-electron chi connectivity index (χ3n) is 6.22. The number of carbonyl (C=O) groups is 3. The van der Waals surface area contributed by atoms with E-state index in [1.165, 1.54) is 0 Å². The number of nitrogens with two attached hydrogens (primary N) is 1. The Morgan fingerprint density at radius 2 is 1.69 bits per heavy atom. The van der Waals surface area contributed by atoms with E-state index >= 15 is 0 Å². The molecule has 0 spiro atoms. The molecule has 1 aromatic carbocycles. The summed E-state index contributed by atoms with van der Waals surface area (Å²) in [5.74, 6) is -0.211. The zero-order chi connectivity index (χ0) is 23.1. The molecule has 32 heavy (non-hydrogen) atoms. The summed E-state index contributed by atoms with van der Waals surface area (Å²) in [4.78, 5) is 43.0. The lowest BCUT2D eigenvalue weighted by Crippen LogP contribution is -2.52. The van der Waals surface area contributed by atoms with Crippen LogP contribution in [0.2, 0.25) is 0 Å². The second-order valence-electron chi connectivity index (χ2n) is 9.07. The number of primary amides is 1. The average molecular weight is 445 g/mol. The molecule has 2 atom stereocenters. The summed E-state index contributed by atoms with van der Waals surface area (Å²) >= 11 is 0. The summed E-state index contributed by atoms with van der Waals surface area (Å²) in [5.41, 5.74) is 6.33. The second-order valence-corrected chi connectivity index (χ2v) is 9.07. The van der Waals surface area contributed by atoms with Gasteiger partial charge in [0.25, 0.3) is 0 Å². The summed E-state index contributed by atoms with van der Waals surface area (Å²) < 4.78 is 5.74. The van der Waals surface area contributed by atoms with E-state index in [0.29, 0.717) is 39.3 Å². The Bertz CT molecular complexity index is 769. The summed E-state index contributed by atoms with van der Waals surface area (Å²) in [7, 11) is 0. The standard InChI is InChI=1S/C24H36N4O4/c1-18-14-28(15-19(2)32-18)24(31)21-8-11-26(12-9-21)17-23(30)27(13-10-22(25)29)16-20-6-4-3-5-7-20/h3-7,18-19,21H,8-17H2,1-2H3,(H2,25,29). The zero-order valence-electron chi connectivity index (χ0n) is 19.2. The fourth-order valence-electron chi connectivity index (χ4n) is 4.59. The van der Waals surface area contributed by atoms with E-state index in [9.17, 15) is 14.4 Å². The first-order chi connectivity index (χ1) is 15.3. The van der Waals surface area contributed by atoms with E-state index < -0.39 is 5.91 Å². The molecule has 2 saturated heterocycles. The van der Waals surface area contributed by atoms with Crippen molar-refractivity contribution < 1.29 is 19.1 Å². The van der Waals surface area contributed by atoms with Gasteiger partial charge in [0.05, 0.1) is 18.8 Å². The van der Waals surface area contributed by atoms with Crippen molar-refractivity contribution in [1.82, 2.24) is 14.7 Å². The number of piperidine rings is 1. The van der Waals surface area contributed by atoms with Gasteiger partial charge in [-0.25, -0.2) is 0 Å². The van der Waals surface area contributed by atoms with Crippen molar-refractivity contribution in [2.24, 2.45) is 11.7 Å².